The molecule has 0 bridgehead atoms. The number of hydrogen-bond donors (Lipinski definition) is 1. The lowest BCUT2D eigenvalue weighted by molar-refractivity contribution is 0.392. The third kappa shape index (κ3) is 4.62. The van der Waals surface area contributed by atoms with E-state index in [1.807, 2.05) is 12.1 Å². The van der Waals surface area contributed by atoms with Crippen LogP contribution in [0.4, 0.5) is 0 Å². The van der Waals surface area contributed by atoms with E-state index in [-0.39, 0.29) is 0 Å². The van der Waals surface area contributed by atoms with Crippen LogP contribution in [-0.2, 0) is 0 Å². The molecule has 0 radical (unpaired) electrons. The van der Waals surface area contributed by atoms with E-state index in [2.05, 4.69) is 45.1 Å². The normalized spacial score (nSPS) is 14.8. The monoisotopic (exact) mass is 267 g/mol. The van der Waals surface area contributed by atoms with Crippen LogP contribution in [0.15, 0.2) is 24.3 Å². The second-order valence-electron chi connectivity index (χ2n) is 5.46. The first-order valence-corrected chi connectivity index (χ1v) is 7.41. The average molecular weight is 268 g/mol. The maximum absolute atomic E-state index is 6.35. The summed E-state index contributed by atoms with van der Waals surface area (Å²) in [6, 6.07) is 8.77. The zero-order chi connectivity index (χ0) is 13.5. The Morgan fingerprint density at radius 2 is 1.83 bits per heavy atom. The van der Waals surface area contributed by atoms with E-state index in [4.69, 9.17) is 11.6 Å². The summed E-state index contributed by atoms with van der Waals surface area (Å²) in [6.45, 7) is 9.96. The SMILES string of the molecule is CCCC(C)C(CNC(C)C)c1ccccc1Cl. The Morgan fingerprint density at radius 1 is 1.17 bits per heavy atom. The van der Waals surface area contributed by atoms with Crippen molar-refractivity contribution < 1.29 is 0 Å². The molecular weight excluding hydrogens is 242 g/mol. The standard InChI is InChI=1S/C16H26ClN/c1-5-8-13(4)15(11-18-12(2)3)14-9-6-7-10-16(14)17/h6-7,9-10,12-13,15,18H,5,8,11H2,1-4H3. The van der Waals surface area contributed by atoms with E-state index in [9.17, 15) is 0 Å². The van der Waals surface area contributed by atoms with E-state index in [1.54, 1.807) is 0 Å². The molecule has 1 aromatic carbocycles. The maximum Gasteiger partial charge on any atom is 0.0441 e. The van der Waals surface area contributed by atoms with E-state index >= 15 is 0 Å². The molecule has 0 aliphatic heterocycles. The molecule has 0 heterocycles. The number of halogens is 1. The molecule has 1 nitrogen and oxygen atoms in total. The Bertz CT molecular complexity index is 349. The summed E-state index contributed by atoms with van der Waals surface area (Å²) in [7, 11) is 0. The molecular formula is C16H26ClN. The second kappa shape index (κ2) is 7.81. The Morgan fingerprint density at radius 3 is 2.39 bits per heavy atom. The van der Waals surface area contributed by atoms with Crippen molar-refractivity contribution in [3.8, 4) is 0 Å². The Balaban J connectivity index is 2.86. The van der Waals surface area contributed by atoms with Crippen molar-refractivity contribution >= 4 is 11.6 Å². The molecule has 0 aliphatic rings. The molecule has 1 rings (SSSR count). The van der Waals surface area contributed by atoms with Crippen LogP contribution in [0.1, 0.15) is 52.0 Å². The van der Waals surface area contributed by atoms with Crippen LogP contribution in [-0.4, -0.2) is 12.6 Å². The lowest BCUT2D eigenvalue weighted by atomic mass is 9.84. The van der Waals surface area contributed by atoms with E-state index < -0.39 is 0 Å². The minimum Gasteiger partial charge on any atom is -0.314 e. The first kappa shape index (κ1) is 15.5. The largest absolute Gasteiger partial charge is 0.314 e. The zero-order valence-electron chi connectivity index (χ0n) is 12.0. The van der Waals surface area contributed by atoms with Gasteiger partial charge in [-0.2, -0.15) is 0 Å². The molecule has 102 valence electrons. The van der Waals surface area contributed by atoms with Crippen molar-refractivity contribution in [2.24, 2.45) is 5.92 Å². The van der Waals surface area contributed by atoms with Gasteiger partial charge >= 0.3 is 0 Å². The molecule has 2 atom stereocenters. The van der Waals surface area contributed by atoms with Gasteiger partial charge in [0.05, 0.1) is 0 Å². The van der Waals surface area contributed by atoms with Gasteiger partial charge in [0.2, 0.25) is 0 Å². The summed E-state index contributed by atoms with van der Waals surface area (Å²) in [5.41, 5.74) is 1.29. The van der Waals surface area contributed by atoms with Crippen molar-refractivity contribution in [1.29, 1.82) is 0 Å². The van der Waals surface area contributed by atoms with Gasteiger partial charge in [0.25, 0.3) is 0 Å². The minimum atomic E-state index is 0.501. The highest BCUT2D eigenvalue weighted by molar-refractivity contribution is 6.31. The number of rotatable bonds is 7. The van der Waals surface area contributed by atoms with E-state index in [0.717, 1.165) is 11.6 Å². The van der Waals surface area contributed by atoms with Crippen LogP contribution in [0, 0.1) is 5.92 Å². The fraction of sp³-hybridized carbons (Fsp3) is 0.625. The Hall–Kier alpha value is -0.530. The van der Waals surface area contributed by atoms with Gasteiger partial charge in [0, 0.05) is 23.5 Å². The Labute approximate surface area is 117 Å². The van der Waals surface area contributed by atoms with Gasteiger partial charge in [-0.25, -0.2) is 0 Å². The van der Waals surface area contributed by atoms with Crippen LogP contribution in [0.25, 0.3) is 0 Å². The molecule has 2 heteroatoms. The van der Waals surface area contributed by atoms with Crippen LogP contribution >= 0.6 is 11.6 Å². The molecule has 18 heavy (non-hydrogen) atoms. The molecule has 0 amide bonds. The molecule has 0 spiro atoms. The molecule has 0 saturated carbocycles. The lowest BCUT2D eigenvalue weighted by Gasteiger charge is -2.26. The van der Waals surface area contributed by atoms with Gasteiger partial charge in [-0.05, 0) is 17.5 Å². The predicted molar refractivity (Wildman–Crippen MR) is 81.4 cm³/mol. The van der Waals surface area contributed by atoms with E-state index in [1.165, 1.54) is 18.4 Å². The van der Waals surface area contributed by atoms with Gasteiger partial charge in [-0.1, -0.05) is 70.3 Å². The molecule has 0 saturated heterocycles. The van der Waals surface area contributed by atoms with Crippen LogP contribution in [0.2, 0.25) is 5.02 Å². The summed E-state index contributed by atoms with van der Waals surface area (Å²) in [5.74, 6) is 1.15. The van der Waals surface area contributed by atoms with Crippen LogP contribution in [0.5, 0.6) is 0 Å². The summed E-state index contributed by atoms with van der Waals surface area (Å²) < 4.78 is 0. The lowest BCUT2D eigenvalue weighted by Crippen LogP contribution is -2.30. The highest BCUT2D eigenvalue weighted by Gasteiger charge is 2.20. The van der Waals surface area contributed by atoms with Gasteiger partial charge in [-0.3, -0.25) is 0 Å². The highest BCUT2D eigenvalue weighted by atomic mass is 35.5. The fourth-order valence-electron chi connectivity index (χ4n) is 2.41. The van der Waals surface area contributed by atoms with Crippen LogP contribution < -0.4 is 5.32 Å². The van der Waals surface area contributed by atoms with Crippen molar-refractivity contribution in [2.45, 2.75) is 52.5 Å². The van der Waals surface area contributed by atoms with E-state index in [0.29, 0.717) is 17.9 Å². The predicted octanol–water partition coefficient (Wildman–Crippen LogP) is 4.86. The number of nitrogens with one attached hydrogen (secondary N) is 1. The van der Waals surface area contributed by atoms with Crippen molar-refractivity contribution in [3.05, 3.63) is 34.9 Å². The Kier molecular flexibility index (Phi) is 6.73. The third-order valence-electron chi connectivity index (χ3n) is 3.48. The fourth-order valence-corrected chi connectivity index (χ4v) is 2.69. The molecule has 2 unspecified atom stereocenters. The minimum absolute atomic E-state index is 0.501. The average Bonchev–Trinajstić information content (AvgIpc) is 2.31. The van der Waals surface area contributed by atoms with Gasteiger partial charge in [-0.15, -0.1) is 0 Å². The summed E-state index contributed by atoms with van der Waals surface area (Å²) >= 11 is 6.35. The zero-order valence-corrected chi connectivity index (χ0v) is 12.8. The summed E-state index contributed by atoms with van der Waals surface area (Å²) in [5, 5.41) is 4.45. The van der Waals surface area contributed by atoms with Crippen molar-refractivity contribution in [2.75, 3.05) is 6.54 Å². The molecule has 0 aliphatic carbocycles. The summed E-state index contributed by atoms with van der Waals surface area (Å²) in [6.07, 6.45) is 2.47. The number of hydrogen-bond acceptors (Lipinski definition) is 1. The van der Waals surface area contributed by atoms with Crippen molar-refractivity contribution in [1.82, 2.24) is 5.32 Å². The highest BCUT2D eigenvalue weighted by Crippen LogP contribution is 2.32. The molecule has 1 aromatic rings. The summed E-state index contributed by atoms with van der Waals surface area (Å²) in [4.78, 5) is 0. The van der Waals surface area contributed by atoms with Gasteiger partial charge in [0.15, 0.2) is 0 Å². The van der Waals surface area contributed by atoms with Gasteiger partial charge in [0.1, 0.15) is 0 Å². The topological polar surface area (TPSA) is 12.0 Å². The van der Waals surface area contributed by atoms with Crippen LogP contribution in [0.3, 0.4) is 0 Å². The molecule has 1 N–H and O–H groups in total. The maximum atomic E-state index is 6.35. The van der Waals surface area contributed by atoms with Gasteiger partial charge < -0.3 is 5.32 Å². The number of benzene rings is 1. The molecule has 0 aromatic heterocycles. The quantitative estimate of drug-likeness (QED) is 0.744. The molecule has 0 fully saturated rings. The smallest absolute Gasteiger partial charge is 0.0441 e. The first-order chi connectivity index (χ1) is 8.56. The third-order valence-corrected chi connectivity index (χ3v) is 3.83. The van der Waals surface area contributed by atoms with Crippen molar-refractivity contribution in [3.63, 3.8) is 0 Å². The first-order valence-electron chi connectivity index (χ1n) is 7.04. The second-order valence-corrected chi connectivity index (χ2v) is 5.86.